The van der Waals surface area contributed by atoms with Crippen LogP contribution in [0.15, 0.2) is 18.3 Å². The average Bonchev–Trinajstić information content (AvgIpc) is 2.74. The third kappa shape index (κ3) is 2.79. The molecule has 1 fully saturated rings. The van der Waals surface area contributed by atoms with E-state index >= 15 is 0 Å². The van der Waals surface area contributed by atoms with Crippen LogP contribution < -0.4 is 5.32 Å². The minimum absolute atomic E-state index is 0.0226. The van der Waals surface area contributed by atoms with Gasteiger partial charge in [0.1, 0.15) is 11.7 Å². The average molecular weight is 260 g/mol. The molecule has 19 heavy (non-hydrogen) atoms. The van der Waals surface area contributed by atoms with Crippen molar-refractivity contribution in [2.24, 2.45) is 0 Å². The van der Waals surface area contributed by atoms with Crippen molar-refractivity contribution < 1.29 is 14.7 Å². The Labute approximate surface area is 111 Å². The van der Waals surface area contributed by atoms with Crippen LogP contribution in [0.2, 0.25) is 0 Å². The van der Waals surface area contributed by atoms with Crippen molar-refractivity contribution in [2.75, 3.05) is 0 Å². The van der Waals surface area contributed by atoms with Gasteiger partial charge < -0.3 is 15.0 Å². The fraction of sp³-hybridized carbons (Fsp3) is 0.429. The highest BCUT2D eigenvalue weighted by molar-refractivity contribution is 5.95. The lowest BCUT2D eigenvalue weighted by atomic mass is 9.93. The Morgan fingerprint density at radius 1 is 1.58 bits per heavy atom. The lowest BCUT2D eigenvalue weighted by molar-refractivity contribution is -0.139. The first kappa shape index (κ1) is 13.2. The summed E-state index contributed by atoms with van der Waals surface area (Å²) in [5.74, 6) is 0.750. The van der Waals surface area contributed by atoms with Crippen LogP contribution in [0.25, 0.3) is 0 Å². The van der Waals surface area contributed by atoms with Crippen LogP contribution in [0.3, 0.4) is 0 Å². The number of aromatic nitrogens is 1. The summed E-state index contributed by atoms with van der Waals surface area (Å²) < 4.78 is 1.91. The van der Waals surface area contributed by atoms with Gasteiger partial charge in [0.25, 0.3) is 5.91 Å². The Kier molecular flexibility index (Phi) is 3.91. The number of hydrogen-bond donors (Lipinski definition) is 2. The van der Waals surface area contributed by atoms with E-state index in [1.807, 2.05) is 10.8 Å². The number of amides is 1. The van der Waals surface area contributed by atoms with Gasteiger partial charge in [0, 0.05) is 18.7 Å². The second kappa shape index (κ2) is 5.61. The van der Waals surface area contributed by atoms with E-state index in [9.17, 15) is 9.59 Å². The number of carbonyl (C=O) groups excluding carboxylic acids is 1. The van der Waals surface area contributed by atoms with Crippen LogP contribution in [0.4, 0.5) is 0 Å². The fourth-order valence-electron chi connectivity index (χ4n) is 2.12. The zero-order valence-electron chi connectivity index (χ0n) is 10.5. The molecule has 2 rings (SSSR count). The number of nitrogens with one attached hydrogen (secondary N) is 1. The molecule has 1 aliphatic rings. The van der Waals surface area contributed by atoms with Gasteiger partial charge in [-0.05, 0) is 31.4 Å². The second-order valence-electron chi connectivity index (χ2n) is 4.66. The van der Waals surface area contributed by atoms with E-state index in [1.54, 1.807) is 12.1 Å². The van der Waals surface area contributed by atoms with E-state index in [0.29, 0.717) is 11.7 Å². The summed E-state index contributed by atoms with van der Waals surface area (Å²) in [5.41, 5.74) is 0.493. The molecular weight excluding hydrogens is 244 g/mol. The molecule has 1 heterocycles. The predicted octanol–water partition coefficient (Wildman–Crippen LogP) is 1.42. The summed E-state index contributed by atoms with van der Waals surface area (Å²) in [6, 6.07) is 2.81. The number of carboxylic acid groups (broad SMARTS) is 1. The molecule has 0 aromatic carbocycles. The smallest absolute Gasteiger partial charge is 0.327 e. The Morgan fingerprint density at radius 2 is 2.32 bits per heavy atom. The highest BCUT2D eigenvalue weighted by atomic mass is 16.4. The number of hydrogen-bond acceptors (Lipinski definition) is 2. The van der Waals surface area contributed by atoms with Crippen molar-refractivity contribution in [3.63, 3.8) is 0 Å². The second-order valence-corrected chi connectivity index (χ2v) is 4.66. The summed E-state index contributed by atoms with van der Waals surface area (Å²) in [6.07, 6.45) is 10.2. The molecule has 100 valence electrons. The molecule has 2 N–H and O–H groups in total. The summed E-state index contributed by atoms with van der Waals surface area (Å²) in [4.78, 5) is 23.1. The SMILES string of the molecule is C#CCC(NC(=O)c1cccn1C1CCC1)C(=O)O. The summed E-state index contributed by atoms with van der Waals surface area (Å²) in [6.45, 7) is 0. The molecule has 5 heteroatoms. The van der Waals surface area contributed by atoms with Crippen molar-refractivity contribution in [3.8, 4) is 12.3 Å². The lowest BCUT2D eigenvalue weighted by Crippen LogP contribution is -2.41. The van der Waals surface area contributed by atoms with Crippen LogP contribution in [-0.2, 0) is 4.79 Å². The molecule has 5 nitrogen and oxygen atoms in total. The van der Waals surface area contributed by atoms with Crippen molar-refractivity contribution >= 4 is 11.9 Å². The molecule has 1 atom stereocenters. The molecule has 0 spiro atoms. The van der Waals surface area contributed by atoms with Gasteiger partial charge in [-0.1, -0.05) is 0 Å². The van der Waals surface area contributed by atoms with Crippen LogP contribution >= 0.6 is 0 Å². The van der Waals surface area contributed by atoms with Crippen LogP contribution in [-0.4, -0.2) is 27.6 Å². The minimum Gasteiger partial charge on any atom is -0.480 e. The van der Waals surface area contributed by atoms with Crippen LogP contribution in [0.1, 0.15) is 42.2 Å². The van der Waals surface area contributed by atoms with Gasteiger partial charge in [0.05, 0.1) is 0 Å². The van der Waals surface area contributed by atoms with Gasteiger partial charge in [0.2, 0.25) is 0 Å². The fourth-order valence-corrected chi connectivity index (χ4v) is 2.12. The molecule has 1 aliphatic carbocycles. The monoisotopic (exact) mass is 260 g/mol. The first-order valence-corrected chi connectivity index (χ1v) is 6.27. The number of carboxylic acids is 1. The zero-order valence-corrected chi connectivity index (χ0v) is 10.5. The Morgan fingerprint density at radius 3 is 2.84 bits per heavy atom. The number of nitrogens with zero attached hydrogens (tertiary/aromatic N) is 1. The van der Waals surface area contributed by atoms with Crippen molar-refractivity contribution in [3.05, 3.63) is 24.0 Å². The van der Waals surface area contributed by atoms with Gasteiger partial charge >= 0.3 is 5.97 Å². The molecule has 1 aromatic rings. The molecule has 1 saturated carbocycles. The summed E-state index contributed by atoms with van der Waals surface area (Å²) >= 11 is 0. The number of rotatable bonds is 5. The first-order valence-electron chi connectivity index (χ1n) is 6.27. The van der Waals surface area contributed by atoms with E-state index < -0.39 is 12.0 Å². The molecule has 0 radical (unpaired) electrons. The quantitative estimate of drug-likeness (QED) is 0.786. The lowest BCUT2D eigenvalue weighted by Gasteiger charge is -2.29. The highest BCUT2D eigenvalue weighted by Gasteiger charge is 2.25. The normalized spacial score (nSPS) is 16.2. The van der Waals surface area contributed by atoms with Gasteiger partial charge in [-0.25, -0.2) is 4.79 Å². The Bertz CT molecular complexity index is 523. The van der Waals surface area contributed by atoms with E-state index in [1.165, 1.54) is 6.42 Å². The first-order chi connectivity index (χ1) is 9.13. The maximum absolute atomic E-state index is 12.1. The van der Waals surface area contributed by atoms with Gasteiger partial charge in [-0.2, -0.15) is 0 Å². The highest BCUT2D eigenvalue weighted by Crippen LogP contribution is 2.32. The van der Waals surface area contributed by atoms with E-state index in [0.717, 1.165) is 12.8 Å². The van der Waals surface area contributed by atoms with Crippen molar-refractivity contribution in [1.29, 1.82) is 0 Å². The topological polar surface area (TPSA) is 71.3 Å². The maximum atomic E-state index is 12.1. The van der Waals surface area contributed by atoms with Gasteiger partial charge in [-0.3, -0.25) is 4.79 Å². The van der Waals surface area contributed by atoms with Gasteiger partial charge in [-0.15, -0.1) is 12.3 Å². The Hall–Kier alpha value is -2.22. The number of carbonyl (C=O) groups is 2. The molecule has 0 bridgehead atoms. The zero-order chi connectivity index (χ0) is 13.8. The predicted molar refractivity (Wildman–Crippen MR) is 69.7 cm³/mol. The van der Waals surface area contributed by atoms with E-state index in [-0.39, 0.29) is 12.3 Å². The molecule has 1 amide bonds. The number of aliphatic carboxylic acids is 1. The van der Waals surface area contributed by atoms with Crippen molar-refractivity contribution in [1.82, 2.24) is 9.88 Å². The summed E-state index contributed by atoms with van der Waals surface area (Å²) in [7, 11) is 0. The molecule has 1 aromatic heterocycles. The van der Waals surface area contributed by atoms with E-state index in [2.05, 4.69) is 11.2 Å². The van der Waals surface area contributed by atoms with Crippen LogP contribution in [0.5, 0.6) is 0 Å². The van der Waals surface area contributed by atoms with Crippen molar-refractivity contribution in [2.45, 2.75) is 37.8 Å². The Balaban J connectivity index is 2.09. The minimum atomic E-state index is -1.12. The third-order valence-corrected chi connectivity index (χ3v) is 3.41. The number of terminal acetylenes is 1. The molecule has 1 unspecified atom stereocenters. The largest absolute Gasteiger partial charge is 0.480 e. The molecule has 0 aliphatic heterocycles. The van der Waals surface area contributed by atoms with Gasteiger partial charge in [0.15, 0.2) is 0 Å². The van der Waals surface area contributed by atoms with Crippen LogP contribution in [0, 0.1) is 12.3 Å². The molecule has 0 saturated heterocycles. The van der Waals surface area contributed by atoms with E-state index in [4.69, 9.17) is 11.5 Å². The maximum Gasteiger partial charge on any atom is 0.327 e. The summed E-state index contributed by atoms with van der Waals surface area (Å²) in [5, 5.41) is 11.4. The standard InChI is InChI=1S/C14H16N2O3/c1-2-5-11(14(18)19)15-13(17)12-8-4-9-16(12)10-6-3-7-10/h1,4,8-11H,3,5-7H2,(H,15,17)(H,18,19). The molecular formula is C14H16N2O3. The third-order valence-electron chi connectivity index (χ3n) is 3.41.